The van der Waals surface area contributed by atoms with E-state index in [1.54, 1.807) is 30.3 Å². The molecule has 0 radical (unpaired) electrons. The van der Waals surface area contributed by atoms with Gasteiger partial charge in [-0.15, -0.1) is 0 Å². The smallest absolute Gasteiger partial charge is 0.254 e. The van der Waals surface area contributed by atoms with Gasteiger partial charge in [-0.1, -0.05) is 36.4 Å². The fraction of sp³-hybridized carbons (Fsp3) is 0.300. The lowest BCUT2D eigenvalue weighted by Gasteiger charge is -2.32. The Bertz CT molecular complexity index is 1250. The Morgan fingerprint density at radius 1 is 0.795 bits per heavy atom. The van der Waals surface area contributed by atoms with Gasteiger partial charge in [0.15, 0.2) is 0 Å². The lowest BCUT2D eigenvalue weighted by atomic mass is 9.93. The molecule has 3 aromatic carbocycles. The van der Waals surface area contributed by atoms with Gasteiger partial charge in [0.25, 0.3) is 5.91 Å². The number of nitrogens with one attached hydrogen (secondary N) is 2. The van der Waals surface area contributed by atoms with Gasteiger partial charge in [0.1, 0.15) is 36.4 Å². The van der Waals surface area contributed by atoms with E-state index >= 15 is 0 Å². The zero-order valence-electron chi connectivity index (χ0n) is 22.0. The van der Waals surface area contributed by atoms with E-state index in [2.05, 4.69) is 0 Å². The minimum Gasteiger partial charge on any atom is -0.489 e. The Labute approximate surface area is 228 Å². The molecular formula is C30H36N6O3. The number of nitrogens with zero attached hydrogens (tertiary/aromatic N) is 1. The standard InChI is InChI=1S/C30H36N6O3/c31-10-7-20-8-11-36(12-9-20)30(37)25-15-26(38-18-21-3-1-5-23(13-21)28(32)33)17-27(16-25)39-19-22-4-2-6-24(14-22)29(34)35/h1-6,13-17,20H,7-12,18-19,31H2,(H3,32,33)(H3,34,35). The molecule has 4 rings (SSSR count). The van der Waals surface area contributed by atoms with Crippen molar-refractivity contribution in [3.05, 3.63) is 94.5 Å². The molecular weight excluding hydrogens is 492 g/mol. The summed E-state index contributed by atoms with van der Waals surface area (Å²) in [6.07, 6.45) is 2.88. The number of carbonyl (C=O) groups excluding carboxylic acids is 1. The summed E-state index contributed by atoms with van der Waals surface area (Å²) in [6, 6.07) is 19.8. The number of benzene rings is 3. The summed E-state index contributed by atoms with van der Waals surface area (Å²) in [5.74, 6) is 1.48. The number of hydrogen-bond acceptors (Lipinski definition) is 6. The zero-order valence-corrected chi connectivity index (χ0v) is 22.0. The number of likely N-dealkylation sites (tertiary alicyclic amines) is 1. The number of nitrogen functional groups attached to an aromatic ring is 2. The normalized spacial score (nSPS) is 13.6. The molecule has 8 N–H and O–H groups in total. The zero-order chi connectivity index (χ0) is 27.8. The summed E-state index contributed by atoms with van der Waals surface area (Å²) in [7, 11) is 0. The van der Waals surface area contributed by atoms with Crippen LogP contribution in [0.15, 0.2) is 66.7 Å². The largest absolute Gasteiger partial charge is 0.489 e. The Morgan fingerprint density at radius 2 is 1.31 bits per heavy atom. The van der Waals surface area contributed by atoms with Gasteiger partial charge in [-0.05, 0) is 67.1 Å². The van der Waals surface area contributed by atoms with E-state index in [9.17, 15) is 4.79 Å². The quantitative estimate of drug-likeness (QED) is 0.188. The Hall–Kier alpha value is -4.37. The molecule has 1 aliphatic heterocycles. The lowest BCUT2D eigenvalue weighted by molar-refractivity contribution is 0.0687. The van der Waals surface area contributed by atoms with Crippen molar-refractivity contribution < 1.29 is 14.3 Å². The number of piperidine rings is 1. The number of carbonyl (C=O) groups is 1. The second kappa shape index (κ2) is 12.9. The summed E-state index contributed by atoms with van der Waals surface area (Å²) < 4.78 is 12.2. The van der Waals surface area contributed by atoms with Gasteiger partial charge in [-0.25, -0.2) is 0 Å². The average molecular weight is 529 g/mol. The molecule has 1 aliphatic rings. The Balaban J connectivity index is 1.53. The minimum atomic E-state index is -0.0614. The predicted molar refractivity (Wildman–Crippen MR) is 152 cm³/mol. The van der Waals surface area contributed by atoms with E-state index in [1.807, 2.05) is 41.3 Å². The third-order valence-corrected chi connectivity index (χ3v) is 6.89. The molecule has 0 atom stereocenters. The lowest BCUT2D eigenvalue weighted by Crippen LogP contribution is -2.38. The summed E-state index contributed by atoms with van der Waals surface area (Å²) in [4.78, 5) is 15.3. The third kappa shape index (κ3) is 7.58. The maximum atomic E-state index is 13.5. The van der Waals surface area contributed by atoms with Gasteiger partial charge in [0.2, 0.25) is 0 Å². The number of nitrogens with two attached hydrogens (primary N) is 3. The van der Waals surface area contributed by atoms with Crippen LogP contribution in [-0.2, 0) is 13.2 Å². The summed E-state index contributed by atoms with van der Waals surface area (Å²) >= 11 is 0. The molecule has 0 spiro atoms. The maximum Gasteiger partial charge on any atom is 0.254 e. The van der Waals surface area contributed by atoms with Gasteiger partial charge in [0, 0.05) is 35.8 Å². The number of amides is 1. The van der Waals surface area contributed by atoms with Crippen LogP contribution in [0.2, 0.25) is 0 Å². The van der Waals surface area contributed by atoms with Crippen molar-refractivity contribution in [2.75, 3.05) is 19.6 Å². The van der Waals surface area contributed by atoms with Crippen molar-refractivity contribution in [3.63, 3.8) is 0 Å². The fourth-order valence-corrected chi connectivity index (χ4v) is 4.70. The SMILES string of the molecule is N=C(N)c1cccc(COc2cc(OCc3cccc(C(=N)N)c3)cc(C(=O)N3CCC(CCN)CC3)c2)c1. The first-order valence-corrected chi connectivity index (χ1v) is 13.1. The molecule has 39 heavy (non-hydrogen) atoms. The van der Waals surface area contributed by atoms with Crippen LogP contribution in [0.1, 0.15) is 51.9 Å². The average Bonchev–Trinajstić information content (AvgIpc) is 2.95. The fourth-order valence-electron chi connectivity index (χ4n) is 4.70. The van der Waals surface area contributed by atoms with E-state index in [-0.39, 0.29) is 30.8 Å². The molecule has 0 aliphatic carbocycles. The first-order valence-electron chi connectivity index (χ1n) is 13.1. The molecule has 9 heteroatoms. The third-order valence-electron chi connectivity index (χ3n) is 6.89. The van der Waals surface area contributed by atoms with Crippen LogP contribution in [0.3, 0.4) is 0 Å². The number of ether oxygens (including phenoxy) is 2. The van der Waals surface area contributed by atoms with E-state index in [0.717, 1.165) is 30.4 Å². The van der Waals surface area contributed by atoms with E-state index < -0.39 is 0 Å². The van der Waals surface area contributed by atoms with Crippen molar-refractivity contribution in [3.8, 4) is 11.5 Å². The van der Waals surface area contributed by atoms with Crippen LogP contribution >= 0.6 is 0 Å². The van der Waals surface area contributed by atoms with Crippen molar-refractivity contribution in [1.29, 1.82) is 10.8 Å². The number of hydrogen-bond donors (Lipinski definition) is 5. The first kappa shape index (κ1) is 27.7. The van der Waals surface area contributed by atoms with Crippen LogP contribution in [0.25, 0.3) is 0 Å². The van der Waals surface area contributed by atoms with Crippen LogP contribution < -0.4 is 26.7 Å². The monoisotopic (exact) mass is 528 g/mol. The highest BCUT2D eigenvalue weighted by atomic mass is 16.5. The molecule has 1 amide bonds. The summed E-state index contributed by atoms with van der Waals surface area (Å²) in [5.41, 5.74) is 20.4. The van der Waals surface area contributed by atoms with Crippen LogP contribution in [-0.4, -0.2) is 42.1 Å². The molecule has 0 unspecified atom stereocenters. The number of amidine groups is 2. The molecule has 0 aromatic heterocycles. The molecule has 9 nitrogen and oxygen atoms in total. The minimum absolute atomic E-state index is 0.00999. The van der Waals surface area contributed by atoms with Gasteiger partial charge in [-0.3, -0.25) is 15.6 Å². The van der Waals surface area contributed by atoms with Gasteiger partial charge in [0.05, 0.1) is 0 Å². The highest BCUT2D eigenvalue weighted by molar-refractivity contribution is 5.96. The topological polar surface area (TPSA) is 165 Å². The second-order valence-corrected chi connectivity index (χ2v) is 9.81. The van der Waals surface area contributed by atoms with Crippen LogP contribution in [0.4, 0.5) is 0 Å². The molecule has 1 fully saturated rings. The highest BCUT2D eigenvalue weighted by Gasteiger charge is 2.24. The Kier molecular flexibility index (Phi) is 9.17. The van der Waals surface area contributed by atoms with Crippen molar-refractivity contribution in [1.82, 2.24) is 4.90 Å². The summed E-state index contributed by atoms with van der Waals surface area (Å²) in [6.45, 7) is 2.54. The van der Waals surface area contributed by atoms with Gasteiger partial charge >= 0.3 is 0 Å². The number of rotatable bonds is 11. The van der Waals surface area contributed by atoms with Crippen molar-refractivity contribution >= 4 is 17.6 Å². The van der Waals surface area contributed by atoms with Crippen LogP contribution in [0, 0.1) is 16.7 Å². The maximum absolute atomic E-state index is 13.5. The van der Waals surface area contributed by atoms with E-state index in [1.165, 1.54) is 0 Å². The van der Waals surface area contributed by atoms with E-state index in [0.29, 0.717) is 53.7 Å². The van der Waals surface area contributed by atoms with Crippen LogP contribution in [0.5, 0.6) is 11.5 Å². The van der Waals surface area contributed by atoms with Crippen molar-refractivity contribution in [2.24, 2.45) is 23.1 Å². The van der Waals surface area contributed by atoms with Gasteiger partial charge < -0.3 is 31.6 Å². The first-order chi connectivity index (χ1) is 18.8. The molecule has 0 saturated carbocycles. The molecule has 204 valence electrons. The van der Waals surface area contributed by atoms with E-state index in [4.69, 9.17) is 37.5 Å². The predicted octanol–water partition coefficient (Wildman–Crippen LogP) is 3.61. The second-order valence-electron chi connectivity index (χ2n) is 9.81. The van der Waals surface area contributed by atoms with Gasteiger partial charge in [-0.2, -0.15) is 0 Å². The highest BCUT2D eigenvalue weighted by Crippen LogP contribution is 2.28. The molecule has 1 saturated heterocycles. The molecule has 1 heterocycles. The molecule has 0 bridgehead atoms. The Morgan fingerprint density at radius 3 is 1.77 bits per heavy atom. The summed E-state index contributed by atoms with van der Waals surface area (Å²) in [5, 5.41) is 15.3. The molecule has 3 aromatic rings. The van der Waals surface area contributed by atoms with Crippen molar-refractivity contribution in [2.45, 2.75) is 32.5 Å².